The predicted molar refractivity (Wildman–Crippen MR) is 71.5 cm³/mol. The van der Waals surface area contributed by atoms with E-state index in [0.717, 1.165) is 22.2 Å². The molecule has 2 N–H and O–H groups in total. The molecular formula is C12H19N5S. The van der Waals surface area contributed by atoms with Crippen LogP contribution < -0.4 is 5.73 Å². The van der Waals surface area contributed by atoms with Crippen LogP contribution in [0.2, 0.25) is 0 Å². The lowest BCUT2D eigenvalue weighted by Gasteiger charge is -2.25. The van der Waals surface area contributed by atoms with E-state index in [-0.39, 0.29) is 6.04 Å². The second-order valence-corrected chi connectivity index (χ2v) is 6.02. The van der Waals surface area contributed by atoms with E-state index in [4.69, 9.17) is 5.73 Å². The Labute approximate surface area is 110 Å². The zero-order valence-corrected chi connectivity index (χ0v) is 11.5. The molecule has 1 aliphatic rings. The topological polar surface area (TPSA) is 69.1 Å². The molecular weight excluding hydrogens is 246 g/mol. The second-order valence-electron chi connectivity index (χ2n) is 5.03. The van der Waals surface area contributed by atoms with Crippen molar-refractivity contribution in [2.45, 2.75) is 51.5 Å². The van der Waals surface area contributed by atoms with Gasteiger partial charge in [0, 0.05) is 6.42 Å². The van der Waals surface area contributed by atoms with E-state index in [1.54, 1.807) is 11.3 Å². The Morgan fingerprint density at radius 3 is 2.83 bits per heavy atom. The SMILES string of the molecule is CCc1nnc2sc(C(N)C3CCCCC3)nn12. The number of aromatic nitrogens is 4. The first-order valence-corrected chi connectivity index (χ1v) is 7.58. The highest BCUT2D eigenvalue weighted by molar-refractivity contribution is 7.16. The van der Waals surface area contributed by atoms with Gasteiger partial charge in [-0.15, -0.1) is 10.2 Å². The summed E-state index contributed by atoms with van der Waals surface area (Å²) < 4.78 is 1.85. The Hall–Kier alpha value is -1.01. The summed E-state index contributed by atoms with van der Waals surface area (Å²) in [7, 11) is 0. The lowest BCUT2D eigenvalue weighted by molar-refractivity contribution is 0.306. The highest BCUT2D eigenvalue weighted by Crippen LogP contribution is 2.34. The molecule has 2 aromatic heterocycles. The van der Waals surface area contributed by atoms with Gasteiger partial charge in [0.05, 0.1) is 6.04 Å². The van der Waals surface area contributed by atoms with Gasteiger partial charge in [-0.1, -0.05) is 37.5 Å². The van der Waals surface area contributed by atoms with Gasteiger partial charge in [-0.2, -0.15) is 9.61 Å². The molecule has 1 aliphatic carbocycles. The predicted octanol–water partition coefficient (Wildman–Crippen LogP) is 2.33. The molecule has 1 saturated carbocycles. The number of fused-ring (bicyclic) bond motifs is 1. The van der Waals surface area contributed by atoms with Crippen LogP contribution in [0.4, 0.5) is 0 Å². The van der Waals surface area contributed by atoms with E-state index in [1.165, 1.54) is 32.1 Å². The summed E-state index contributed by atoms with van der Waals surface area (Å²) in [6, 6.07) is 0.0710. The van der Waals surface area contributed by atoms with Gasteiger partial charge in [-0.05, 0) is 18.8 Å². The summed E-state index contributed by atoms with van der Waals surface area (Å²) >= 11 is 1.59. The molecule has 1 atom stereocenters. The van der Waals surface area contributed by atoms with E-state index in [0.29, 0.717) is 5.92 Å². The fraction of sp³-hybridized carbons (Fsp3) is 0.750. The van der Waals surface area contributed by atoms with Crippen LogP contribution in [0.15, 0.2) is 0 Å². The van der Waals surface area contributed by atoms with E-state index in [2.05, 4.69) is 22.2 Å². The fourth-order valence-corrected chi connectivity index (χ4v) is 3.67. The number of aryl methyl sites for hydroxylation is 1. The molecule has 0 saturated heterocycles. The van der Waals surface area contributed by atoms with Gasteiger partial charge in [0.1, 0.15) is 5.01 Å². The van der Waals surface area contributed by atoms with Gasteiger partial charge in [-0.25, -0.2) is 0 Å². The molecule has 1 fully saturated rings. The Morgan fingerprint density at radius 2 is 2.11 bits per heavy atom. The molecule has 0 spiro atoms. The van der Waals surface area contributed by atoms with Crippen molar-refractivity contribution in [1.29, 1.82) is 0 Å². The number of hydrogen-bond acceptors (Lipinski definition) is 5. The van der Waals surface area contributed by atoms with E-state index < -0.39 is 0 Å². The van der Waals surface area contributed by atoms with E-state index in [9.17, 15) is 0 Å². The van der Waals surface area contributed by atoms with Crippen LogP contribution in [-0.2, 0) is 6.42 Å². The normalized spacial score (nSPS) is 19.4. The Balaban J connectivity index is 1.86. The lowest BCUT2D eigenvalue weighted by atomic mass is 9.84. The summed E-state index contributed by atoms with van der Waals surface area (Å²) in [5.41, 5.74) is 6.37. The average molecular weight is 265 g/mol. The van der Waals surface area contributed by atoms with Crippen molar-refractivity contribution in [2.75, 3.05) is 0 Å². The van der Waals surface area contributed by atoms with Gasteiger partial charge in [0.2, 0.25) is 4.96 Å². The lowest BCUT2D eigenvalue weighted by Crippen LogP contribution is -2.23. The third kappa shape index (κ3) is 2.03. The molecule has 0 aromatic carbocycles. The maximum Gasteiger partial charge on any atom is 0.234 e. The van der Waals surface area contributed by atoms with Crippen LogP contribution in [0.3, 0.4) is 0 Å². The summed E-state index contributed by atoms with van der Waals surface area (Å²) in [5.74, 6) is 1.51. The third-order valence-electron chi connectivity index (χ3n) is 3.83. The van der Waals surface area contributed by atoms with Crippen LogP contribution in [0.1, 0.15) is 55.9 Å². The minimum Gasteiger partial charge on any atom is -0.322 e. The number of nitrogens with zero attached hydrogens (tertiary/aromatic N) is 4. The highest BCUT2D eigenvalue weighted by Gasteiger charge is 2.25. The standard InChI is InChI=1S/C12H19N5S/c1-2-9-14-15-12-17(9)16-11(18-12)10(13)8-6-4-3-5-7-8/h8,10H,2-7,13H2,1H3. The molecule has 0 amide bonds. The van der Waals surface area contributed by atoms with Gasteiger partial charge >= 0.3 is 0 Å². The quantitative estimate of drug-likeness (QED) is 0.924. The van der Waals surface area contributed by atoms with E-state index in [1.807, 2.05) is 4.52 Å². The minimum atomic E-state index is 0.0710. The second kappa shape index (κ2) is 4.93. The molecule has 2 aromatic rings. The molecule has 5 nitrogen and oxygen atoms in total. The van der Waals surface area contributed by atoms with Crippen molar-refractivity contribution >= 4 is 16.3 Å². The maximum atomic E-state index is 6.37. The Bertz CT molecular complexity index is 526. The van der Waals surface area contributed by atoms with Gasteiger partial charge in [-0.3, -0.25) is 0 Å². The van der Waals surface area contributed by atoms with Crippen molar-refractivity contribution in [2.24, 2.45) is 11.7 Å². The first-order chi connectivity index (χ1) is 8.79. The zero-order chi connectivity index (χ0) is 12.5. The van der Waals surface area contributed by atoms with Crippen molar-refractivity contribution in [3.05, 3.63) is 10.8 Å². The van der Waals surface area contributed by atoms with Crippen molar-refractivity contribution in [3.63, 3.8) is 0 Å². The molecule has 0 aliphatic heterocycles. The zero-order valence-electron chi connectivity index (χ0n) is 10.7. The molecule has 1 unspecified atom stereocenters. The minimum absolute atomic E-state index is 0.0710. The van der Waals surface area contributed by atoms with Crippen molar-refractivity contribution < 1.29 is 0 Å². The summed E-state index contributed by atoms with van der Waals surface area (Å²) in [6.07, 6.45) is 7.30. The third-order valence-corrected chi connectivity index (χ3v) is 4.83. The van der Waals surface area contributed by atoms with Crippen molar-refractivity contribution in [3.8, 4) is 0 Å². The largest absolute Gasteiger partial charge is 0.322 e. The summed E-state index contributed by atoms with van der Waals surface area (Å²) in [4.78, 5) is 0.869. The fourth-order valence-electron chi connectivity index (χ4n) is 2.72. The average Bonchev–Trinajstić information content (AvgIpc) is 2.98. The van der Waals surface area contributed by atoms with Crippen LogP contribution in [0.5, 0.6) is 0 Å². The first-order valence-electron chi connectivity index (χ1n) is 6.76. The summed E-state index contributed by atoms with van der Waals surface area (Å²) in [6.45, 7) is 2.07. The molecule has 98 valence electrons. The smallest absolute Gasteiger partial charge is 0.234 e. The van der Waals surface area contributed by atoms with Gasteiger partial charge in [0.15, 0.2) is 5.82 Å². The molecule has 6 heteroatoms. The number of rotatable bonds is 3. The molecule has 0 bridgehead atoms. The van der Waals surface area contributed by atoms with E-state index >= 15 is 0 Å². The molecule has 18 heavy (non-hydrogen) atoms. The number of nitrogens with two attached hydrogens (primary N) is 1. The monoisotopic (exact) mass is 265 g/mol. The maximum absolute atomic E-state index is 6.37. The molecule has 2 heterocycles. The highest BCUT2D eigenvalue weighted by atomic mass is 32.1. The van der Waals surface area contributed by atoms with Crippen LogP contribution in [0.25, 0.3) is 4.96 Å². The van der Waals surface area contributed by atoms with Gasteiger partial charge in [0.25, 0.3) is 0 Å². The molecule has 0 radical (unpaired) electrons. The Morgan fingerprint density at radius 1 is 1.33 bits per heavy atom. The van der Waals surface area contributed by atoms with Crippen molar-refractivity contribution in [1.82, 2.24) is 19.8 Å². The summed E-state index contributed by atoms with van der Waals surface area (Å²) in [5, 5.41) is 13.9. The molecule has 3 rings (SSSR count). The first kappa shape index (κ1) is 12.0. The Kier molecular flexibility index (Phi) is 3.30. The van der Waals surface area contributed by atoms with Crippen LogP contribution in [0, 0.1) is 5.92 Å². The van der Waals surface area contributed by atoms with Gasteiger partial charge < -0.3 is 5.73 Å². The van der Waals surface area contributed by atoms with Crippen LogP contribution in [-0.4, -0.2) is 19.8 Å². The number of hydrogen-bond donors (Lipinski definition) is 1. The van der Waals surface area contributed by atoms with Crippen LogP contribution >= 0.6 is 11.3 Å².